The summed E-state index contributed by atoms with van der Waals surface area (Å²) in [4.78, 5) is 4.39. The standard InChI is InChI=1S/C15H20ClN3O2/c1-9(2)20-8-15(4,17)14-18-13(21-19-14)12-7-11(16)6-5-10(12)3/h5-7,9H,8,17H2,1-4H3. The molecule has 0 aliphatic rings. The Kier molecular flexibility index (Phi) is 4.66. The first kappa shape index (κ1) is 15.9. The number of aryl methyl sites for hydroxylation is 1. The first-order valence-corrected chi connectivity index (χ1v) is 7.18. The van der Waals surface area contributed by atoms with Gasteiger partial charge in [0.05, 0.1) is 12.7 Å². The summed E-state index contributed by atoms with van der Waals surface area (Å²) in [5.41, 5.74) is 7.22. The molecule has 0 bridgehead atoms. The highest BCUT2D eigenvalue weighted by Gasteiger charge is 2.29. The van der Waals surface area contributed by atoms with E-state index in [0.29, 0.717) is 23.3 Å². The Morgan fingerprint density at radius 1 is 1.43 bits per heavy atom. The number of ether oxygens (including phenoxy) is 1. The van der Waals surface area contributed by atoms with Crippen molar-refractivity contribution in [3.05, 3.63) is 34.6 Å². The predicted octanol–water partition coefficient (Wildman–Crippen LogP) is 3.30. The van der Waals surface area contributed by atoms with E-state index in [1.807, 2.05) is 39.8 Å². The fourth-order valence-electron chi connectivity index (χ4n) is 1.79. The molecule has 2 N–H and O–H groups in total. The van der Waals surface area contributed by atoms with E-state index in [-0.39, 0.29) is 6.10 Å². The van der Waals surface area contributed by atoms with E-state index >= 15 is 0 Å². The zero-order chi connectivity index (χ0) is 15.6. The topological polar surface area (TPSA) is 74.2 Å². The van der Waals surface area contributed by atoms with Crippen LogP contribution in [0.3, 0.4) is 0 Å². The third kappa shape index (κ3) is 3.81. The van der Waals surface area contributed by atoms with Crippen LogP contribution >= 0.6 is 11.6 Å². The number of rotatable bonds is 5. The average Bonchev–Trinajstić information content (AvgIpc) is 2.90. The number of nitrogens with two attached hydrogens (primary N) is 1. The SMILES string of the molecule is Cc1ccc(Cl)cc1-c1nc(C(C)(N)COC(C)C)no1. The van der Waals surface area contributed by atoms with Crippen molar-refractivity contribution in [2.45, 2.75) is 39.3 Å². The van der Waals surface area contributed by atoms with Crippen molar-refractivity contribution < 1.29 is 9.26 Å². The molecule has 0 radical (unpaired) electrons. The fourth-order valence-corrected chi connectivity index (χ4v) is 1.97. The minimum Gasteiger partial charge on any atom is -0.376 e. The molecule has 1 atom stereocenters. The zero-order valence-electron chi connectivity index (χ0n) is 12.7. The summed E-state index contributed by atoms with van der Waals surface area (Å²) in [5.74, 6) is 0.823. The first-order chi connectivity index (χ1) is 9.79. The monoisotopic (exact) mass is 309 g/mol. The lowest BCUT2D eigenvalue weighted by Gasteiger charge is -2.21. The Balaban J connectivity index is 2.27. The average molecular weight is 310 g/mol. The van der Waals surface area contributed by atoms with Gasteiger partial charge in [-0.1, -0.05) is 22.8 Å². The number of hydrogen-bond acceptors (Lipinski definition) is 5. The molecule has 1 aromatic carbocycles. The Morgan fingerprint density at radius 3 is 2.81 bits per heavy atom. The lowest BCUT2D eigenvalue weighted by molar-refractivity contribution is 0.0410. The molecule has 0 aliphatic heterocycles. The third-order valence-corrected chi connectivity index (χ3v) is 3.32. The van der Waals surface area contributed by atoms with Crippen LogP contribution in [-0.4, -0.2) is 22.9 Å². The second-order valence-corrected chi connectivity index (χ2v) is 6.10. The summed E-state index contributed by atoms with van der Waals surface area (Å²) in [5, 5.41) is 4.60. The van der Waals surface area contributed by atoms with E-state index in [4.69, 9.17) is 26.6 Å². The van der Waals surface area contributed by atoms with Crippen molar-refractivity contribution in [3.63, 3.8) is 0 Å². The molecule has 0 fully saturated rings. The molecular weight excluding hydrogens is 290 g/mol. The molecule has 114 valence electrons. The van der Waals surface area contributed by atoms with Gasteiger partial charge in [-0.05, 0) is 45.4 Å². The minimum atomic E-state index is -0.807. The van der Waals surface area contributed by atoms with Crippen molar-refractivity contribution >= 4 is 11.6 Å². The van der Waals surface area contributed by atoms with Crippen LogP contribution in [0.4, 0.5) is 0 Å². The number of halogens is 1. The fraction of sp³-hybridized carbons (Fsp3) is 0.467. The van der Waals surface area contributed by atoms with Crippen molar-refractivity contribution in [1.82, 2.24) is 10.1 Å². The minimum absolute atomic E-state index is 0.0921. The molecule has 2 aromatic rings. The van der Waals surface area contributed by atoms with Crippen LogP contribution in [-0.2, 0) is 10.3 Å². The molecular formula is C15H20ClN3O2. The van der Waals surface area contributed by atoms with Crippen LogP contribution in [0.25, 0.3) is 11.5 Å². The number of nitrogens with zero attached hydrogens (tertiary/aromatic N) is 2. The Bertz CT molecular complexity index is 623. The van der Waals surface area contributed by atoms with Gasteiger partial charge >= 0.3 is 0 Å². The summed E-state index contributed by atoms with van der Waals surface area (Å²) in [6.07, 6.45) is 0.0921. The second kappa shape index (κ2) is 6.13. The highest BCUT2D eigenvalue weighted by atomic mass is 35.5. The zero-order valence-corrected chi connectivity index (χ0v) is 13.4. The van der Waals surface area contributed by atoms with Gasteiger partial charge in [-0.25, -0.2) is 0 Å². The highest BCUT2D eigenvalue weighted by Crippen LogP contribution is 2.27. The molecule has 2 rings (SSSR count). The van der Waals surface area contributed by atoms with Crippen LogP contribution in [0.15, 0.2) is 22.7 Å². The Labute approximate surface area is 129 Å². The quantitative estimate of drug-likeness (QED) is 0.917. The molecule has 1 heterocycles. The largest absolute Gasteiger partial charge is 0.376 e. The smallest absolute Gasteiger partial charge is 0.258 e. The Hall–Kier alpha value is -1.43. The van der Waals surface area contributed by atoms with Gasteiger partial charge in [-0.3, -0.25) is 0 Å². The molecule has 0 saturated carbocycles. The summed E-state index contributed by atoms with van der Waals surface area (Å²) in [7, 11) is 0. The molecule has 0 aliphatic carbocycles. The third-order valence-electron chi connectivity index (χ3n) is 3.08. The van der Waals surface area contributed by atoms with Gasteiger partial charge < -0.3 is 15.0 Å². The van der Waals surface area contributed by atoms with Crippen LogP contribution in [0.2, 0.25) is 5.02 Å². The van der Waals surface area contributed by atoms with E-state index in [9.17, 15) is 0 Å². The van der Waals surface area contributed by atoms with Gasteiger partial charge in [0, 0.05) is 10.6 Å². The molecule has 1 unspecified atom stereocenters. The van der Waals surface area contributed by atoms with Gasteiger partial charge in [0.25, 0.3) is 5.89 Å². The van der Waals surface area contributed by atoms with Crippen molar-refractivity contribution in [2.75, 3.05) is 6.61 Å². The van der Waals surface area contributed by atoms with Gasteiger partial charge in [0.2, 0.25) is 0 Å². The van der Waals surface area contributed by atoms with E-state index in [1.54, 1.807) is 6.07 Å². The van der Waals surface area contributed by atoms with Gasteiger partial charge in [-0.2, -0.15) is 4.98 Å². The van der Waals surface area contributed by atoms with E-state index in [1.165, 1.54) is 0 Å². The summed E-state index contributed by atoms with van der Waals surface area (Å²) in [6.45, 7) is 7.99. The lowest BCUT2D eigenvalue weighted by Crippen LogP contribution is -2.40. The second-order valence-electron chi connectivity index (χ2n) is 5.66. The molecule has 0 spiro atoms. The maximum Gasteiger partial charge on any atom is 0.258 e. The predicted molar refractivity (Wildman–Crippen MR) is 82.1 cm³/mol. The van der Waals surface area contributed by atoms with Crippen molar-refractivity contribution in [1.29, 1.82) is 0 Å². The summed E-state index contributed by atoms with van der Waals surface area (Å²) in [6, 6.07) is 5.53. The molecule has 1 aromatic heterocycles. The van der Waals surface area contributed by atoms with Crippen LogP contribution < -0.4 is 5.73 Å². The van der Waals surface area contributed by atoms with E-state index in [0.717, 1.165) is 11.1 Å². The van der Waals surface area contributed by atoms with Gasteiger partial charge in [0.1, 0.15) is 5.54 Å². The number of benzene rings is 1. The van der Waals surface area contributed by atoms with Crippen LogP contribution in [0.5, 0.6) is 0 Å². The molecule has 0 amide bonds. The number of aromatic nitrogens is 2. The van der Waals surface area contributed by atoms with Crippen molar-refractivity contribution in [2.24, 2.45) is 5.73 Å². The molecule has 5 nitrogen and oxygen atoms in total. The number of hydrogen-bond donors (Lipinski definition) is 1. The highest BCUT2D eigenvalue weighted by molar-refractivity contribution is 6.30. The van der Waals surface area contributed by atoms with Gasteiger partial charge in [-0.15, -0.1) is 0 Å². The van der Waals surface area contributed by atoms with E-state index in [2.05, 4.69) is 10.1 Å². The Morgan fingerprint density at radius 2 is 2.14 bits per heavy atom. The first-order valence-electron chi connectivity index (χ1n) is 6.81. The van der Waals surface area contributed by atoms with E-state index < -0.39 is 5.54 Å². The normalized spacial score (nSPS) is 14.4. The van der Waals surface area contributed by atoms with Crippen LogP contribution in [0.1, 0.15) is 32.2 Å². The maximum atomic E-state index is 6.21. The van der Waals surface area contributed by atoms with Crippen LogP contribution in [0, 0.1) is 6.92 Å². The summed E-state index contributed by atoms with van der Waals surface area (Å²) < 4.78 is 10.9. The summed E-state index contributed by atoms with van der Waals surface area (Å²) >= 11 is 6.01. The molecule has 21 heavy (non-hydrogen) atoms. The lowest BCUT2D eigenvalue weighted by atomic mass is 10.0. The molecule has 0 saturated heterocycles. The molecule has 6 heteroatoms. The maximum absolute atomic E-state index is 6.21. The van der Waals surface area contributed by atoms with Crippen molar-refractivity contribution in [3.8, 4) is 11.5 Å². The van der Waals surface area contributed by atoms with Gasteiger partial charge in [0.15, 0.2) is 5.82 Å².